The van der Waals surface area contributed by atoms with Gasteiger partial charge < -0.3 is 20.1 Å². The second kappa shape index (κ2) is 4.90. The number of piperidine rings is 1. The van der Waals surface area contributed by atoms with Gasteiger partial charge in [-0.1, -0.05) is 11.6 Å². The molecule has 1 saturated heterocycles. The smallest absolute Gasteiger partial charge is 0.254 e. The molecule has 2 N–H and O–H groups in total. The molecule has 1 fully saturated rings. The fourth-order valence-corrected chi connectivity index (χ4v) is 2.64. The van der Waals surface area contributed by atoms with Crippen LogP contribution in [0.5, 0.6) is 11.5 Å². The van der Waals surface area contributed by atoms with Crippen LogP contribution >= 0.6 is 11.6 Å². The van der Waals surface area contributed by atoms with E-state index in [4.69, 9.17) is 26.8 Å². The first-order valence-corrected chi connectivity index (χ1v) is 6.67. The Morgan fingerprint density at radius 2 is 2.05 bits per heavy atom. The number of likely N-dealkylation sites (tertiary alicyclic amines) is 1. The number of halogens is 1. The topological polar surface area (TPSA) is 64.8 Å². The minimum absolute atomic E-state index is 0.0351. The van der Waals surface area contributed by atoms with E-state index in [1.54, 1.807) is 17.0 Å². The van der Waals surface area contributed by atoms with E-state index in [0.717, 1.165) is 12.8 Å². The van der Waals surface area contributed by atoms with Gasteiger partial charge in [0.05, 0.1) is 5.02 Å². The summed E-state index contributed by atoms with van der Waals surface area (Å²) < 4.78 is 10.5. The van der Waals surface area contributed by atoms with E-state index in [-0.39, 0.29) is 18.7 Å². The van der Waals surface area contributed by atoms with Crippen LogP contribution in [0.15, 0.2) is 12.1 Å². The Bertz CT molecular complexity index is 513. The van der Waals surface area contributed by atoms with Gasteiger partial charge in [0.1, 0.15) is 0 Å². The summed E-state index contributed by atoms with van der Waals surface area (Å²) in [5.74, 6) is 1.01. The van der Waals surface area contributed by atoms with E-state index in [9.17, 15) is 4.79 Å². The zero-order valence-corrected chi connectivity index (χ0v) is 11.2. The Labute approximate surface area is 116 Å². The Balaban J connectivity index is 1.82. The molecule has 0 atom stereocenters. The Morgan fingerprint density at radius 3 is 2.79 bits per heavy atom. The molecule has 2 aliphatic rings. The molecule has 5 nitrogen and oxygen atoms in total. The fourth-order valence-electron chi connectivity index (χ4n) is 2.38. The molecule has 0 aromatic heterocycles. The highest BCUT2D eigenvalue weighted by Crippen LogP contribution is 2.40. The first kappa shape index (κ1) is 12.6. The summed E-state index contributed by atoms with van der Waals surface area (Å²) in [6.45, 7) is 1.52. The minimum Gasteiger partial charge on any atom is -0.454 e. The lowest BCUT2D eigenvalue weighted by Crippen LogP contribution is -2.42. The average molecular weight is 283 g/mol. The molecule has 19 heavy (non-hydrogen) atoms. The number of carbonyl (C=O) groups is 1. The van der Waals surface area contributed by atoms with Crippen molar-refractivity contribution in [2.24, 2.45) is 5.73 Å². The SMILES string of the molecule is NC1CCN(C(=O)c2cc(Cl)c3c(c2)OCO3)CC1. The number of rotatable bonds is 1. The van der Waals surface area contributed by atoms with Crippen LogP contribution in [0.1, 0.15) is 23.2 Å². The minimum atomic E-state index is -0.0351. The van der Waals surface area contributed by atoms with Crippen molar-refractivity contribution in [3.63, 3.8) is 0 Å². The van der Waals surface area contributed by atoms with Crippen LogP contribution in [0.25, 0.3) is 0 Å². The lowest BCUT2D eigenvalue weighted by molar-refractivity contribution is 0.0714. The standard InChI is InChI=1S/C13H15ClN2O3/c14-10-5-8(6-11-12(10)19-7-18-11)13(17)16-3-1-9(15)2-4-16/h5-6,9H,1-4,7,15H2. The molecular formula is C13H15ClN2O3. The van der Waals surface area contributed by atoms with Crippen LogP contribution in [0.3, 0.4) is 0 Å². The van der Waals surface area contributed by atoms with Crippen molar-refractivity contribution in [1.29, 1.82) is 0 Å². The lowest BCUT2D eigenvalue weighted by Gasteiger charge is -2.30. The normalized spacial score (nSPS) is 18.7. The van der Waals surface area contributed by atoms with Crippen LogP contribution < -0.4 is 15.2 Å². The van der Waals surface area contributed by atoms with Gasteiger partial charge in [-0.25, -0.2) is 0 Å². The summed E-state index contributed by atoms with van der Waals surface area (Å²) in [6.07, 6.45) is 1.67. The van der Waals surface area contributed by atoms with Crippen molar-refractivity contribution in [3.05, 3.63) is 22.7 Å². The van der Waals surface area contributed by atoms with Crippen molar-refractivity contribution in [1.82, 2.24) is 4.90 Å². The molecule has 0 unspecified atom stereocenters. The van der Waals surface area contributed by atoms with Crippen LogP contribution in [-0.2, 0) is 0 Å². The van der Waals surface area contributed by atoms with E-state index in [1.165, 1.54) is 0 Å². The zero-order valence-electron chi connectivity index (χ0n) is 10.4. The van der Waals surface area contributed by atoms with E-state index in [1.807, 2.05) is 0 Å². The molecule has 1 aromatic rings. The van der Waals surface area contributed by atoms with Crippen molar-refractivity contribution in [2.75, 3.05) is 19.9 Å². The molecule has 0 radical (unpaired) electrons. The monoisotopic (exact) mass is 282 g/mol. The van der Waals surface area contributed by atoms with Crippen molar-refractivity contribution >= 4 is 17.5 Å². The molecule has 3 rings (SSSR count). The predicted octanol–water partition coefficient (Wildman–Crippen LogP) is 1.63. The summed E-state index contributed by atoms with van der Waals surface area (Å²) >= 11 is 6.09. The Morgan fingerprint density at radius 1 is 1.32 bits per heavy atom. The number of fused-ring (bicyclic) bond motifs is 1. The van der Waals surface area contributed by atoms with Gasteiger partial charge in [-0.2, -0.15) is 0 Å². The average Bonchev–Trinajstić information content (AvgIpc) is 2.87. The van der Waals surface area contributed by atoms with E-state index in [0.29, 0.717) is 35.2 Å². The molecule has 1 amide bonds. The third-order valence-electron chi connectivity index (χ3n) is 3.50. The molecular weight excluding hydrogens is 268 g/mol. The first-order valence-electron chi connectivity index (χ1n) is 6.29. The predicted molar refractivity (Wildman–Crippen MR) is 70.7 cm³/mol. The molecule has 0 bridgehead atoms. The van der Waals surface area contributed by atoms with Gasteiger partial charge >= 0.3 is 0 Å². The number of hydrogen-bond donors (Lipinski definition) is 1. The molecule has 2 aliphatic heterocycles. The molecule has 102 valence electrons. The van der Waals surface area contributed by atoms with Gasteiger partial charge in [0.2, 0.25) is 6.79 Å². The van der Waals surface area contributed by atoms with Gasteiger partial charge in [0, 0.05) is 24.7 Å². The Kier molecular flexibility index (Phi) is 3.24. The van der Waals surface area contributed by atoms with Crippen molar-refractivity contribution in [3.8, 4) is 11.5 Å². The van der Waals surface area contributed by atoms with Gasteiger partial charge in [0.25, 0.3) is 5.91 Å². The maximum absolute atomic E-state index is 12.4. The third kappa shape index (κ3) is 2.35. The number of carbonyl (C=O) groups excluding carboxylic acids is 1. The van der Waals surface area contributed by atoms with E-state index >= 15 is 0 Å². The third-order valence-corrected chi connectivity index (χ3v) is 3.78. The maximum Gasteiger partial charge on any atom is 0.254 e. The molecule has 0 spiro atoms. The largest absolute Gasteiger partial charge is 0.454 e. The van der Waals surface area contributed by atoms with Crippen molar-refractivity contribution in [2.45, 2.75) is 18.9 Å². The summed E-state index contributed by atoms with van der Waals surface area (Å²) in [5, 5.41) is 0.409. The highest BCUT2D eigenvalue weighted by Gasteiger charge is 2.25. The molecule has 2 heterocycles. The highest BCUT2D eigenvalue weighted by atomic mass is 35.5. The van der Waals surface area contributed by atoms with Crippen LogP contribution in [0, 0.1) is 0 Å². The quantitative estimate of drug-likeness (QED) is 0.850. The van der Waals surface area contributed by atoms with Gasteiger partial charge in [-0.05, 0) is 25.0 Å². The number of amides is 1. The van der Waals surface area contributed by atoms with Crippen LogP contribution in [0.4, 0.5) is 0 Å². The second-order valence-corrected chi connectivity index (χ2v) is 5.23. The maximum atomic E-state index is 12.4. The van der Waals surface area contributed by atoms with Crippen LogP contribution in [-0.4, -0.2) is 36.7 Å². The molecule has 6 heteroatoms. The second-order valence-electron chi connectivity index (χ2n) is 4.82. The number of benzene rings is 1. The Hall–Kier alpha value is -1.46. The zero-order chi connectivity index (χ0) is 13.4. The van der Waals surface area contributed by atoms with E-state index in [2.05, 4.69) is 0 Å². The number of nitrogens with two attached hydrogens (primary N) is 1. The van der Waals surface area contributed by atoms with Crippen LogP contribution in [0.2, 0.25) is 5.02 Å². The van der Waals surface area contributed by atoms with E-state index < -0.39 is 0 Å². The molecule has 0 aliphatic carbocycles. The van der Waals surface area contributed by atoms with Gasteiger partial charge in [-0.3, -0.25) is 4.79 Å². The summed E-state index contributed by atoms with van der Waals surface area (Å²) in [7, 11) is 0. The molecule has 0 saturated carbocycles. The fraction of sp³-hybridized carbons (Fsp3) is 0.462. The first-order chi connectivity index (χ1) is 9.15. The number of hydrogen-bond acceptors (Lipinski definition) is 4. The highest BCUT2D eigenvalue weighted by molar-refractivity contribution is 6.32. The van der Waals surface area contributed by atoms with Gasteiger partial charge in [0.15, 0.2) is 11.5 Å². The summed E-state index contributed by atoms with van der Waals surface area (Å²) in [6, 6.07) is 3.51. The summed E-state index contributed by atoms with van der Waals surface area (Å²) in [5.41, 5.74) is 6.37. The molecule has 1 aromatic carbocycles. The number of ether oxygens (including phenoxy) is 2. The summed E-state index contributed by atoms with van der Waals surface area (Å²) in [4.78, 5) is 14.2. The number of nitrogens with zero attached hydrogens (tertiary/aromatic N) is 1. The van der Waals surface area contributed by atoms with Crippen molar-refractivity contribution < 1.29 is 14.3 Å². The van der Waals surface area contributed by atoms with Gasteiger partial charge in [-0.15, -0.1) is 0 Å². The lowest BCUT2D eigenvalue weighted by atomic mass is 10.0.